The molecule has 38 heavy (non-hydrogen) atoms. The quantitative estimate of drug-likeness (QED) is 0.557. The molecule has 8 nitrogen and oxygen atoms in total. The Kier molecular flexibility index (Phi) is 6.04. The Morgan fingerprint density at radius 2 is 1.74 bits per heavy atom. The van der Waals surface area contributed by atoms with Crippen LogP contribution in [0.25, 0.3) is 0 Å². The van der Waals surface area contributed by atoms with Crippen molar-refractivity contribution in [2.24, 2.45) is 0 Å². The second-order valence-electron chi connectivity index (χ2n) is 10.7. The standard InChI is InChI=1S/C29H32FN3O5/c1-2-17-37-27(36)32-15-13-31(14-16-32)20-7-8-23(24(30)18-20)28(9-10-28)26(35)33-12-11-29(19-33)22-6-4-3-5-21(22)25(34)38-29/h3-8,18H,2,9-17,19H2,1H3/t29-/m0/s1. The first-order valence-electron chi connectivity index (χ1n) is 13.5. The summed E-state index contributed by atoms with van der Waals surface area (Å²) in [4.78, 5) is 43.7. The maximum atomic E-state index is 15.5. The Bertz CT molecular complexity index is 1290. The third-order valence-electron chi connectivity index (χ3n) is 8.41. The fourth-order valence-electron chi connectivity index (χ4n) is 6.15. The number of benzene rings is 2. The number of likely N-dealkylation sites (tertiary alicyclic amines) is 1. The largest absolute Gasteiger partial charge is 0.449 e. The minimum absolute atomic E-state index is 0.0966. The molecule has 0 aromatic heterocycles. The van der Waals surface area contributed by atoms with E-state index >= 15 is 4.39 Å². The molecule has 1 saturated carbocycles. The van der Waals surface area contributed by atoms with Crippen molar-refractivity contribution < 1.29 is 28.2 Å². The van der Waals surface area contributed by atoms with E-state index in [4.69, 9.17) is 9.47 Å². The van der Waals surface area contributed by atoms with Gasteiger partial charge in [0, 0.05) is 56.0 Å². The number of nitrogens with zero attached hydrogens (tertiary/aromatic N) is 3. The molecule has 1 atom stereocenters. The molecular weight excluding hydrogens is 489 g/mol. The van der Waals surface area contributed by atoms with Crippen LogP contribution in [0.1, 0.15) is 54.1 Å². The van der Waals surface area contributed by atoms with Gasteiger partial charge in [-0.3, -0.25) is 4.79 Å². The Labute approximate surface area is 221 Å². The zero-order chi connectivity index (χ0) is 26.5. The Morgan fingerprint density at radius 3 is 2.45 bits per heavy atom. The number of ether oxygens (including phenoxy) is 2. The number of piperazine rings is 1. The first-order valence-corrected chi connectivity index (χ1v) is 13.5. The van der Waals surface area contributed by atoms with Crippen LogP contribution >= 0.6 is 0 Å². The number of esters is 1. The van der Waals surface area contributed by atoms with Gasteiger partial charge in [-0.05, 0) is 37.5 Å². The van der Waals surface area contributed by atoms with Crippen LogP contribution in [0.4, 0.5) is 14.9 Å². The summed E-state index contributed by atoms with van der Waals surface area (Å²) >= 11 is 0. The van der Waals surface area contributed by atoms with Gasteiger partial charge < -0.3 is 24.2 Å². The van der Waals surface area contributed by atoms with Crippen molar-refractivity contribution >= 4 is 23.7 Å². The molecule has 0 N–H and O–H groups in total. The first kappa shape index (κ1) is 24.7. The van der Waals surface area contributed by atoms with E-state index in [1.54, 1.807) is 21.9 Å². The Morgan fingerprint density at radius 1 is 0.974 bits per heavy atom. The van der Waals surface area contributed by atoms with Gasteiger partial charge in [-0.2, -0.15) is 0 Å². The van der Waals surface area contributed by atoms with E-state index in [0.29, 0.717) is 76.3 Å². The third kappa shape index (κ3) is 3.99. The lowest BCUT2D eigenvalue weighted by Gasteiger charge is -2.35. The molecule has 0 radical (unpaired) electrons. The molecule has 2 amide bonds. The van der Waals surface area contributed by atoms with Gasteiger partial charge in [0.1, 0.15) is 5.82 Å². The minimum atomic E-state index is -0.863. The van der Waals surface area contributed by atoms with E-state index in [1.807, 2.05) is 36.1 Å². The van der Waals surface area contributed by atoms with Crippen LogP contribution in [0.3, 0.4) is 0 Å². The summed E-state index contributed by atoms with van der Waals surface area (Å²) in [6, 6.07) is 12.5. The highest BCUT2D eigenvalue weighted by atomic mass is 19.1. The van der Waals surface area contributed by atoms with Crippen molar-refractivity contribution in [3.05, 3.63) is 65.0 Å². The van der Waals surface area contributed by atoms with E-state index in [-0.39, 0.29) is 23.8 Å². The predicted octanol–water partition coefficient (Wildman–Crippen LogP) is 3.82. The molecule has 200 valence electrons. The monoisotopic (exact) mass is 521 g/mol. The van der Waals surface area contributed by atoms with Crippen molar-refractivity contribution in [2.45, 2.75) is 43.6 Å². The number of hydrogen-bond donors (Lipinski definition) is 0. The van der Waals surface area contributed by atoms with E-state index in [1.165, 1.54) is 6.07 Å². The molecule has 3 fully saturated rings. The maximum absolute atomic E-state index is 15.5. The fraction of sp³-hybridized carbons (Fsp3) is 0.483. The number of carbonyl (C=O) groups excluding carboxylic acids is 3. The lowest BCUT2D eigenvalue weighted by Crippen LogP contribution is -2.49. The molecule has 2 saturated heterocycles. The number of amides is 2. The fourth-order valence-corrected chi connectivity index (χ4v) is 6.15. The Balaban J connectivity index is 1.14. The van der Waals surface area contributed by atoms with Crippen molar-refractivity contribution in [1.82, 2.24) is 9.80 Å². The van der Waals surface area contributed by atoms with Gasteiger partial charge in [-0.1, -0.05) is 31.2 Å². The molecule has 4 aliphatic rings. The summed E-state index contributed by atoms with van der Waals surface area (Å²) in [7, 11) is 0. The highest BCUT2D eigenvalue weighted by Crippen LogP contribution is 2.53. The van der Waals surface area contributed by atoms with E-state index < -0.39 is 11.0 Å². The average molecular weight is 522 g/mol. The molecule has 2 aromatic carbocycles. The zero-order valence-electron chi connectivity index (χ0n) is 21.6. The van der Waals surface area contributed by atoms with Crippen LogP contribution in [0.15, 0.2) is 42.5 Å². The number of fused-ring (bicyclic) bond motifs is 2. The van der Waals surface area contributed by atoms with Crippen LogP contribution in [0, 0.1) is 5.82 Å². The van der Waals surface area contributed by atoms with Gasteiger partial charge in [-0.25, -0.2) is 14.0 Å². The summed E-state index contributed by atoms with van der Waals surface area (Å²) < 4.78 is 26.5. The van der Waals surface area contributed by atoms with Crippen LogP contribution < -0.4 is 4.90 Å². The number of carbonyl (C=O) groups is 3. The molecule has 3 aliphatic heterocycles. The third-order valence-corrected chi connectivity index (χ3v) is 8.41. The van der Waals surface area contributed by atoms with Crippen LogP contribution in [0.5, 0.6) is 0 Å². The van der Waals surface area contributed by atoms with Crippen LogP contribution in [-0.2, 0) is 25.3 Å². The number of rotatable bonds is 5. The summed E-state index contributed by atoms with van der Waals surface area (Å²) in [5.74, 6) is -0.832. The lowest BCUT2D eigenvalue weighted by atomic mass is 9.91. The molecule has 0 bridgehead atoms. The Hall–Kier alpha value is -3.62. The second kappa shape index (κ2) is 9.29. The summed E-state index contributed by atoms with van der Waals surface area (Å²) in [5, 5.41) is 0. The highest BCUT2D eigenvalue weighted by molar-refractivity contribution is 5.96. The van der Waals surface area contributed by atoms with Crippen molar-refractivity contribution in [2.75, 3.05) is 50.8 Å². The molecule has 3 heterocycles. The van der Waals surface area contributed by atoms with Gasteiger partial charge in [-0.15, -0.1) is 0 Å². The number of halogens is 1. The van der Waals surface area contributed by atoms with Crippen LogP contribution in [0.2, 0.25) is 0 Å². The van der Waals surface area contributed by atoms with Crippen molar-refractivity contribution in [3.8, 4) is 0 Å². The number of anilines is 1. The highest BCUT2D eigenvalue weighted by Gasteiger charge is 2.58. The normalized spacial score (nSPS) is 23.4. The first-order chi connectivity index (χ1) is 18.4. The van der Waals surface area contributed by atoms with E-state index in [9.17, 15) is 14.4 Å². The van der Waals surface area contributed by atoms with Gasteiger partial charge >= 0.3 is 12.1 Å². The lowest BCUT2D eigenvalue weighted by molar-refractivity contribution is -0.134. The van der Waals surface area contributed by atoms with Gasteiger partial charge in [0.15, 0.2) is 5.60 Å². The second-order valence-corrected chi connectivity index (χ2v) is 10.7. The van der Waals surface area contributed by atoms with Crippen LogP contribution in [-0.4, -0.2) is 73.6 Å². The number of hydrogen-bond acceptors (Lipinski definition) is 6. The molecule has 1 spiro atoms. The maximum Gasteiger partial charge on any atom is 0.409 e. The molecule has 2 aromatic rings. The average Bonchev–Trinajstić information content (AvgIpc) is 3.56. The molecule has 0 unspecified atom stereocenters. The topological polar surface area (TPSA) is 79.4 Å². The van der Waals surface area contributed by atoms with Gasteiger partial charge in [0.2, 0.25) is 5.91 Å². The molecular formula is C29H32FN3O5. The van der Waals surface area contributed by atoms with Crippen molar-refractivity contribution in [1.29, 1.82) is 0 Å². The van der Waals surface area contributed by atoms with E-state index in [2.05, 4.69) is 0 Å². The smallest absolute Gasteiger partial charge is 0.409 e. The summed E-state index contributed by atoms with van der Waals surface area (Å²) in [6.45, 7) is 5.31. The predicted molar refractivity (Wildman–Crippen MR) is 137 cm³/mol. The summed E-state index contributed by atoms with van der Waals surface area (Å²) in [6.07, 6.45) is 2.21. The van der Waals surface area contributed by atoms with Gasteiger partial charge in [0.25, 0.3) is 0 Å². The molecule has 1 aliphatic carbocycles. The van der Waals surface area contributed by atoms with Gasteiger partial charge in [0.05, 0.1) is 24.1 Å². The van der Waals surface area contributed by atoms with Crippen molar-refractivity contribution in [3.63, 3.8) is 0 Å². The summed E-state index contributed by atoms with van der Waals surface area (Å²) in [5.41, 5.74) is 0.886. The SMILES string of the molecule is CCCOC(=O)N1CCN(c2ccc(C3(C(=O)N4CC[C@@]5(C4)OC(=O)c4ccccc45)CC3)c(F)c2)CC1. The zero-order valence-corrected chi connectivity index (χ0v) is 21.6. The minimum Gasteiger partial charge on any atom is -0.449 e. The molecule has 6 rings (SSSR count). The molecule has 9 heteroatoms. The van der Waals surface area contributed by atoms with E-state index in [0.717, 1.165) is 17.7 Å².